The number of anilines is 2. The van der Waals surface area contributed by atoms with Gasteiger partial charge in [-0.2, -0.15) is 0 Å². The summed E-state index contributed by atoms with van der Waals surface area (Å²) < 4.78 is 10.5. The highest BCUT2D eigenvalue weighted by Gasteiger charge is 1.96. The molecule has 23 heavy (non-hydrogen) atoms. The Hall–Kier alpha value is -3.14. The highest BCUT2D eigenvalue weighted by molar-refractivity contribution is 5.45. The third-order valence-corrected chi connectivity index (χ3v) is 2.97. The molecule has 0 radical (unpaired) electrons. The molecule has 0 aromatic heterocycles. The van der Waals surface area contributed by atoms with E-state index in [1.807, 2.05) is 54.6 Å². The number of hydrogen-bond donors (Lipinski definition) is 2. The molecule has 4 N–H and O–H groups in total. The van der Waals surface area contributed by atoms with Crippen LogP contribution in [0.2, 0.25) is 0 Å². The lowest BCUT2D eigenvalue weighted by Crippen LogP contribution is -1.87. The number of nitrogens with two attached hydrogens (primary N) is 2. The van der Waals surface area contributed by atoms with E-state index in [9.17, 15) is 0 Å². The molecule has 118 valence electrons. The standard InChI is InChI=1S/C12H12N2O.C7H8O/c13-9-1-5-11(6-2-9)15-12-7-3-10(14)4-8-12;1-8-7-5-3-2-4-6-7/h1-8H,13-14H2;2-6H,1H3. The van der Waals surface area contributed by atoms with Crippen LogP contribution in [0.3, 0.4) is 0 Å². The second-order valence-electron chi connectivity index (χ2n) is 4.76. The van der Waals surface area contributed by atoms with Gasteiger partial charge in [-0.15, -0.1) is 0 Å². The first-order valence-electron chi connectivity index (χ1n) is 7.15. The SMILES string of the molecule is COc1ccccc1.Nc1ccc(Oc2ccc(N)cc2)cc1. The number of para-hydroxylation sites is 1. The summed E-state index contributed by atoms with van der Waals surface area (Å²) in [5.41, 5.74) is 12.6. The van der Waals surface area contributed by atoms with E-state index in [0.717, 1.165) is 28.6 Å². The van der Waals surface area contributed by atoms with Crippen molar-refractivity contribution in [2.45, 2.75) is 0 Å². The molecule has 0 spiro atoms. The van der Waals surface area contributed by atoms with E-state index in [-0.39, 0.29) is 0 Å². The van der Waals surface area contributed by atoms with E-state index in [2.05, 4.69) is 0 Å². The quantitative estimate of drug-likeness (QED) is 0.706. The summed E-state index contributed by atoms with van der Waals surface area (Å²) in [5, 5.41) is 0. The second kappa shape index (κ2) is 8.34. The molecule has 0 saturated carbocycles. The minimum Gasteiger partial charge on any atom is -0.497 e. The van der Waals surface area contributed by atoms with Crippen molar-refractivity contribution in [2.75, 3.05) is 18.6 Å². The maximum atomic E-state index is 5.58. The lowest BCUT2D eigenvalue weighted by molar-refractivity contribution is 0.415. The van der Waals surface area contributed by atoms with Crippen LogP contribution in [-0.2, 0) is 0 Å². The Morgan fingerprint density at radius 2 is 1.00 bits per heavy atom. The first-order chi connectivity index (χ1) is 11.2. The lowest BCUT2D eigenvalue weighted by atomic mass is 10.3. The molecule has 0 fully saturated rings. The lowest BCUT2D eigenvalue weighted by Gasteiger charge is -2.05. The number of nitrogen functional groups attached to an aromatic ring is 2. The zero-order chi connectivity index (χ0) is 16.5. The number of ether oxygens (including phenoxy) is 2. The van der Waals surface area contributed by atoms with E-state index in [1.54, 1.807) is 31.4 Å². The molecule has 3 aromatic carbocycles. The van der Waals surface area contributed by atoms with Gasteiger partial charge in [-0.1, -0.05) is 18.2 Å². The molecule has 4 heteroatoms. The number of hydrogen-bond acceptors (Lipinski definition) is 4. The molecule has 0 aliphatic rings. The van der Waals surface area contributed by atoms with Gasteiger partial charge >= 0.3 is 0 Å². The van der Waals surface area contributed by atoms with Gasteiger partial charge in [-0.3, -0.25) is 0 Å². The summed E-state index contributed by atoms with van der Waals surface area (Å²) >= 11 is 0. The normalized spacial score (nSPS) is 9.43. The molecule has 0 amide bonds. The van der Waals surface area contributed by atoms with Crippen LogP contribution in [0, 0.1) is 0 Å². The summed E-state index contributed by atoms with van der Waals surface area (Å²) in [6.45, 7) is 0. The maximum Gasteiger partial charge on any atom is 0.127 e. The van der Waals surface area contributed by atoms with Gasteiger partial charge in [0.1, 0.15) is 17.2 Å². The summed E-state index contributed by atoms with van der Waals surface area (Å²) in [6.07, 6.45) is 0. The third kappa shape index (κ3) is 5.63. The molecular formula is C19H20N2O2. The monoisotopic (exact) mass is 308 g/mol. The van der Waals surface area contributed by atoms with E-state index in [1.165, 1.54) is 0 Å². The van der Waals surface area contributed by atoms with Crippen LogP contribution in [-0.4, -0.2) is 7.11 Å². The highest BCUT2D eigenvalue weighted by atomic mass is 16.5. The number of methoxy groups -OCH3 is 1. The zero-order valence-electron chi connectivity index (χ0n) is 13.0. The molecule has 0 unspecified atom stereocenters. The Kier molecular flexibility index (Phi) is 5.89. The van der Waals surface area contributed by atoms with E-state index >= 15 is 0 Å². The van der Waals surface area contributed by atoms with Gasteiger partial charge in [0.05, 0.1) is 7.11 Å². The highest BCUT2D eigenvalue weighted by Crippen LogP contribution is 2.22. The Labute approximate surface area is 136 Å². The molecule has 0 bridgehead atoms. The summed E-state index contributed by atoms with van der Waals surface area (Å²) in [7, 11) is 1.66. The molecule has 0 aliphatic carbocycles. The van der Waals surface area contributed by atoms with Crippen molar-refractivity contribution < 1.29 is 9.47 Å². The van der Waals surface area contributed by atoms with Crippen LogP contribution in [0.1, 0.15) is 0 Å². The van der Waals surface area contributed by atoms with E-state index in [4.69, 9.17) is 20.9 Å². The third-order valence-electron chi connectivity index (χ3n) is 2.97. The Balaban J connectivity index is 0.000000203. The van der Waals surface area contributed by atoms with E-state index in [0.29, 0.717) is 0 Å². The Bertz CT molecular complexity index is 652. The first-order valence-corrected chi connectivity index (χ1v) is 7.15. The summed E-state index contributed by atoms with van der Waals surface area (Å²) in [4.78, 5) is 0. The predicted molar refractivity (Wildman–Crippen MR) is 94.8 cm³/mol. The number of benzene rings is 3. The van der Waals surface area contributed by atoms with Crippen LogP contribution in [0.25, 0.3) is 0 Å². The molecular weight excluding hydrogens is 288 g/mol. The van der Waals surface area contributed by atoms with Crippen molar-refractivity contribution in [3.63, 3.8) is 0 Å². The molecule has 0 heterocycles. The summed E-state index contributed by atoms with van der Waals surface area (Å²) in [5.74, 6) is 2.43. The first kappa shape index (κ1) is 16.2. The van der Waals surface area contributed by atoms with E-state index < -0.39 is 0 Å². The van der Waals surface area contributed by atoms with Gasteiger partial charge in [-0.25, -0.2) is 0 Å². The fraction of sp³-hybridized carbons (Fsp3) is 0.0526. The van der Waals surface area contributed by atoms with Gasteiger partial charge in [0.25, 0.3) is 0 Å². The number of rotatable bonds is 3. The van der Waals surface area contributed by atoms with Gasteiger partial charge in [0, 0.05) is 11.4 Å². The van der Waals surface area contributed by atoms with Crippen molar-refractivity contribution in [1.29, 1.82) is 0 Å². The van der Waals surface area contributed by atoms with Crippen LogP contribution in [0.15, 0.2) is 78.9 Å². The fourth-order valence-corrected chi connectivity index (χ4v) is 1.76. The van der Waals surface area contributed by atoms with Gasteiger partial charge in [-0.05, 0) is 60.7 Å². The Morgan fingerprint density at radius 3 is 1.35 bits per heavy atom. The van der Waals surface area contributed by atoms with Crippen molar-refractivity contribution in [1.82, 2.24) is 0 Å². The predicted octanol–water partition coefficient (Wildman–Crippen LogP) is 4.34. The minimum atomic E-state index is 0.722. The molecule has 0 aliphatic heterocycles. The molecule has 3 aromatic rings. The van der Waals surface area contributed by atoms with Crippen molar-refractivity contribution >= 4 is 11.4 Å². The van der Waals surface area contributed by atoms with Gasteiger partial charge < -0.3 is 20.9 Å². The van der Waals surface area contributed by atoms with Crippen molar-refractivity contribution in [3.05, 3.63) is 78.9 Å². The summed E-state index contributed by atoms with van der Waals surface area (Å²) in [6, 6.07) is 24.2. The second-order valence-corrected chi connectivity index (χ2v) is 4.76. The minimum absolute atomic E-state index is 0.722. The smallest absolute Gasteiger partial charge is 0.127 e. The maximum absolute atomic E-state index is 5.58. The van der Waals surface area contributed by atoms with Crippen LogP contribution < -0.4 is 20.9 Å². The average Bonchev–Trinajstić information content (AvgIpc) is 2.60. The molecule has 4 nitrogen and oxygen atoms in total. The molecule has 0 saturated heterocycles. The van der Waals surface area contributed by atoms with Crippen LogP contribution in [0.4, 0.5) is 11.4 Å². The van der Waals surface area contributed by atoms with Crippen LogP contribution >= 0.6 is 0 Å². The topological polar surface area (TPSA) is 70.5 Å². The molecule has 3 rings (SSSR count). The van der Waals surface area contributed by atoms with Crippen molar-refractivity contribution in [3.8, 4) is 17.2 Å². The zero-order valence-corrected chi connectivity index (χ0v) is 13.0. The van der Waals surface area contributed by atoms with Gasteiger partial charge in [0.2, 0.25) is 0 Å². The largest absolute Gasteiger partial charge is 0.497 e. The fourth-order valence-electron chi connectivity index (χ4n) is 1.76. The Morgan fingerprint density at radius 1 is 0.565 bits per heavy atom. The average molecular weight is 308 g/mol. The van der Waals surface area contributed by atoms with Crippen LogP contribution in [0.5, 0.6) is 17.2 Å². The van der Waals surface area contributed by atoms with Gasteiger partial charge in [0.15, 0.2) is 0 Å². The van der Waals surface area contributed by atoms with Crippen molar-refractivity contribution in [2.24, 2.45) is 0 Å². The molecule has 0 atom stereocenters.